The molecule has 0 spiro atoms. The minimum atomic E-state index is -0.534. The number of imidazole rings is 1. The SMILES string of the molecule is Cc1cn2cc(Nc3nn(C4CCCCO4)c4cc(N5CCN(C(=O)OC(C)(C)C)CC5)cc(Cl)c34)cc(F)c2n1. The second-order valence-corrected chi connectivity index (χ2v) is 12.1. The summed E-state index contributed by atoms with van der Waals surface area (Å²) >= 11 is 6.95. The molecule has 1 atom stereocenters. The van der Waals surface area contributed by atoms with Crippen LogP contribution in [0, 0.1) is 12.7 Å². The van der Waals surface area contributed by atoms with Crippen molar-refractivity contribution in [1.29, 1.82) is 0 Å². The van der Waals surface area contributed by atoms with Gasteiger partial charge >= 0.3 is 6.09 Å². The van der Waals surface area contributed by atoms with Gasteiger partial charge in [-0.15, -0.1) is 0 Å². The molecule has 0 aliphatic carbocycles. The number of aromatic nitrogens is 4. The van der Waals surface area contributed by atoms with Gasteiger partial charge in [-0.25, -0.2) is 18.9 Å². The standard InChI is InChI=1S/C29H35ClFN7O3/c1-18-16-37-17-19(13-22(31)27(37)32-18)33-26-25-21(30)14-20(15-23(25)38(34-26)24-7-5-6-12-40-24)35-8-10-36(11-9-35)28(39)41-29(2,3)4/h13-17,24H,5-12H2,1-4H3,(H,33,34). The van der Waals surface area contributed by atoms with E-state index in [4.69, 9.17) is 26.2 Å². The molecule has 4 aromatic rings. The Morgan fingerprint density at radius 3 is 2.63 bits per heavy atom. The highest BCUT2D eigenvalue weighted by Gasteiger charge is 2.28. The van der Waals surface area contributed by atoms with E-state index in [9.17, 15) is 9.18 Å². The number of nitrogens with zero attached hydrogens (tertiary/aromatic N) is 6. The number of hydrogen-bond donors (Lipinski definition) is 1. The molecule has 1 amide bonds. The number of fused-ring (bicyclic) bond motifs is 2. The number of carbonyl (C=O) groups excluding carboxylic acids is 1. The number of hydrogen-bond acceptors (Lipinski definition) is 7. The number of amides is 1. The van der Waals surface area contributed by atoms with Crippen molar-refractivity contribution in [3.8, 4) is 0 Å². The number of ether oxygens (including phenoxy) is 2. The van der Waals surface area contributed by atoms with E-state index in [0.29, 0.717) is 49.3 Å². The molecule has 2 aliphatic heterocycles. The van der Waals surface area contributed by atoms with Gasteiger partial charge < -0.3 is 29.0 Å². The molecule has 6 rings (SSSR count). The monoisotopic (exact) mass is 583 g/mol. The molecule has 0 bridgehead atoms. The molecule has 12 heteroatoms. The molecule has 1 N–H and O–H groups in total. The number of benzene rings is 1. The molecule has 5 heterocycles. The Morgan fingerprint density at radius 2 is 1.93 bits per heavy atom. The fourth-order valence-corrected chi connectivity index (χ4v) is 5.77. The molecular formula is C29H35ClFN7O3. The van der Waals surface area contributed by atoms with Crippen LogP contribution in [0.3, 0.4) is 0 Å². The predicted molar refractivity (Wildman–Crippen MR) is 157 cm³/mol. The number of nitrogens with one attached hydrogen (secondary N) is 1. The van der Waals surface area contributed by atoms with Gasteiger partial charge in [0.2, 0.25) is 0 Å². The van der Waals surface area contributed by atoms with Crippen molar-refractivity contribution < 1.29 is 18.7 Å². The largest absolute Gasteiger partial charge is 0.444 e. The number of halogens is 2. The smallest absolute Gasteiger partial charge is 0.410 e. The lowest BCUT2D eigenvalue weighted by Crippen LogP contribution is -2.50. The van der Waals surface area contributed by atoms with E-state index in [-0.39, 0.29) is 18.0 Å². The van der Waals surface area contributed by atoms with Gasteiger partial charge in [-0.1, -0.05) is 11.6 Å². The van der Waals surface area contributed by atoms with Crippen molar-refractivity contribution in [2.45, 2.75) is 58.8 Å². The maximum atomic E-state index is 14.8. The number of piperazine rings is 1. The number of rotatable bonds is 4. The zero-order chi connectivity index (χ0) is 28.9. The average Bonchev–Trinajstić information content (AvgIpc) is 3.48. The first-order valence-corrected chi connectivity index (χ1v) is 14.4. The lowest BCUT2D eigenvalue weighted by Gasteiger charge is -2.37. The van der Waals surface area contributed by atoms with Crippen molar-refractivity contribution in [2.75, 3.05) is 43.0 Å². The fraction of sp³-hybridized carbons (Fsp3) is 0.483. The molecule has 10 nitrogen and oxygen atoms in total. The van der Waals surface area contributed by atoms with E-state index >= 15 is 0 Å². The molecule has 41 heavy (non-hydrogen) atoms. The first-order chi connectivity index (χ1) is 19.6. The van der Waals surface area contributed by atoms with Gasteiger partial charge in [0.05, 0.1) is 27.3 Å². The van der Waals surface area contributed by atoms with Crippen molar-refractivity contribution >= 4 is 51.4 Å². The van der Waals surface area contributed by atoms with Crippen LogP contribution in [0.15, 0.2) is 30.6 Å². The van der Waals surface area contributed by atoms with Crippen molar-refractivity contribution in [1.82, 2.24) is 24.1 Å². The van der Waals surface area contributed by atoms with Gasteiger partial charge in [0.15, 0.2) is 23.5 Å². The first-order valence-electron chi connectivity index (χ1n) is 14.0. The minimum Gasteiger partial charge on any atom is -0.444 e. The van der Waals surface area contributed by atoms with Crippen LogP contribution in [-0.4, -0.2) is 68.5 Å². The fourth-order valence-electron chi connectivity index (χ4n) is 5.47. The Labute approximate surface area is 243 Å². The van der Waals surface area contributed by atoms with Crippen LogP contribution >= 0.6 is 11.6 Å². The van der Waals surface area contributed by atoms with Crippen molar-refractivity contribution in [3.63, 3.8) is 0 Å². The Balaban J connectivity index is 1.32. The summed E-state index contributed by atoms with van der Waals surface area (Å²) < 4.78 is 30.0. The normalized spacial score (nSPS) is 18.3. The molecular weight excluding hydrogens is 549 g/mol. The number of anilines is 3. The summed E-state index contributed by atoms with van der Waals surface area (Å²) in [6, 6.07) is 5.41. The predicted octanol–water partition coefficient (Wildman–Crippen LogP) is 6.28. The van der Waals surface area contributed by atoms with Crippen molar-refractivity contribution in [3.05, 3.63) is 47.1 Å². The van der Waals surface area contributed by atoms with E-state index in [1.54, 1.807) is 21.7 Å². The third kappa shape index (κ3) is 5.65. The lowest BCUT2D eigenvalue weighted by atomic mass is 10.1. The molecule has 3 aromatic heterocycles. The molecule has 2 fully saturated rings. The molecule has 2 saturated heterocycles. The Hall–Kier alpha value is -3.57. The number of aryl methyl sites for hydroxylation is 1. The second kappa shape index (κ2) is 10.7. The van der Waals surface area contributed by atoms with Gasteiger partial charge in [-0.2, -0.15) is 5.10 Å². The van der Waals surface area contributed by atoms with Crippen LogP contribution in [0.2, 0.25) is 5.02 Å². The minimum absolute atomic E-state index is 0.229. The zero-order valence-corrected chi connectivity index (χ0v) is 24.5. The third-order valence-electron chi connectivity index (χ3n) is 7.36. The summed E-state index contributed by atoms with van der Waals surface area (Å²) in [5.74, 6) is 0.0948. The highest BCUT2D eigenvalue weighted by molar-refractivity contribution is 6.37. The van der Waals surface area contributed by atoms with Crippen LogP contribution in [-0.2, 0) is 9.47 Å². The molecule has 2 aliphatic rings. The van der Waals surface area contributed by atoms with E-state index in [2.05, 4.69) is 21.3 Å². The summed E-state index contributed by atoms with van der Waals surface area (Å²) in [5, 5.41) is 9.45. The first kappa shape index (κ1) is 27.6. The van der Waals surface area contributed by atoms with Crippen LogP contribution in [0.5, 0.6) is 0 Å². The van der Waals surface area contributed by atoms with Crippen LogP contribution in [0.4, 0.5) is 26.4 Å². The quantitative estimate of drug-likeness (QED) is 0.302. The molecule has 1 unspecified atom stereocenters. The zero-order valence-electron chi connectivity index (χ0n) is 23.8. The summed E-state index contributed by atoms with van der Waals surface area (Å²) in [6.45, 7) is 10.5. The van der Waals surface area contributed by atoms with Gasteiger partial charge in [0.1, 0.15) is 5.60 Å². The van der Waals surface area contributed by atoms with E-state index in [1.165, 1.54) is 6.07 Å². The second-order valence-electron chi connectivity index (χ2n) is 11.7. The average molecular weight is 584 g/mol. The van der Waals surface area contributed by atoms with Crippen molar-refractivity contribution in [2.24, 2.45) is 0 Å². The highest BCUT2D eigenvalue weighted by Crippen LogP contribution is 2.39. The van der Waals surface area contributed by atoms with Crippen LogP contribution < -0.4 is 10.2 Å². The summed E-state index contributed by atoms with van der Waals surface area (Å²) in [5.41, 5.74) is 2.77. The lowest BCUT2D eigenvalue weighted by molar-refractivity contribution is -0.0365. The van der Waals surface area contributed by atoms with Gasteiger partial charge in [-0.05, 0) is 59.1 Å². The maximum absolute atomic E-state index is 14.8. The summed E-state index contributed by atoms with van der Waals surface area (Å²) in [6.07, 6.45) is 5.92. The topological polar surface area (TPSA) is 89.2 Å². The Bertz CT molecular complexity index is 1600. The Morgan fingerprint density at radius 1 is 1.15 bits per heavy atom. The summed E-state index contributed by atoms with van der Waals surface area (Å²) in [7, 11) is 0. The molecule has 218 valence electrons. The van der Waals surface area contributed by atoms with Crippen LogP contribution in [0.1, 0.15) is 52.0 Å². The van der Waals surface area contributed by atoms with E-state index in [1.807, 2.05) is 38.4 Å². The summed E-state index contributed by atoms with van der Waals surface area (Å²) in [4.78, 5) is 20.7. The Kier molecular flexibility index (Phi) is 7.19. The van der Waals surface area contributed by atoms with Gasteiger partial charge in [0.25, 0.3) is 0 Å². The third-order valence-corrected chi connectivity index (χ3v) is 7.66. The maximum Gasteiger partial charge on any atom is 0.410 e. The molecule has 0 saturated carbocycles. The molecule has 0 radical (unpaired) electrons. The van der Waals surface area contributed by atoms with Gasteiger partial charge in [-0.3, -0.25) is 0 Å². The highest BCUT2D eigenvalue weighted by atomic mass is 35.5. The number of carbonyl (C=O) groups is 1. The van der Waals surface area contributed by atoms with E-state index in [0.717, 1.165) is 41.5 Å². The number of pyridine rings is 1. The molecule has 1 aromatic carbocycles. The van der Waals surface area contributed by atoms with Crippen LogP contribution in [0.25, 0.3) is 16.6 Å². The van der Waals surface area contributed by atoms with Gasteiger partial charge in [0, 0.05) is 56.9 Å². The van der Waals surface area contributed by atoms with E-state index < -0.39 is 11.4 Å².